The van der Waals surface area contributed by atoms with Gasteiger partial charge in [-0.3, -0.25) is 0 Å². The summed E-state index contributed by atoms with van der Waals surface area (Å²) in [7, 11) is 0. The van der Waals surface area contributed by atoms with Crippen LogP contribution in [0.3, 0.4) is 0 Å². The average molecular weight is 348 g/mol. The standard InChI is InChI=1S/C17H20N2O4S/c1-10(11-3-2-4-12(20)7-11)19-17(24)18-9-16(23)14-8-13(21)5-6-15(14)22/h2-8,10,16,20-23H,9H2,1H3,(H2,18,19,24)/t10-,16?/m1/s1. The van der Waals surface area contributed by atoms with Crippen LogP contribution in [0.4, 0.5) is 0 Å². The molecule has 0 spiro atoms. The van der Waals surface area contributed by atoms with E-state index in [1.165, 1.54) is 18.2 Å². The first-order valence-corrected chi connectivity index (χ1v) is 7.81. The number of phenolic OH excluding ortho intramolecular Hbond substituents is 3. The van der Waals surface area contributed by atoms with Crippen molar-refractivity contribution in [2.24, 2.45) is 0 Å². The maximum atomic E-state index is 10.1. The molecule has 6 nitrogen and oxygen atoms in total. The molecule has 2 rings (SSSR count). The maximum Gasteiger partial charge on any atom is 0.166 e. The third-order valence-corrected chi connectivity index (χ3v) is 3.81. The molecule has 0 aromatic heterocycles. The van der Waals surface area contributed by atoms with Gasteiger partial charge in [-0.2, -0.15) is 0 Å². The summed E-state index contributed by atoms with van der Waals surface area (Å²) in [5.41, 5.74) is 1.08. The van der Waals surface area contributed by atoms with Crippen molar-refractivity contribution in [2.75, 3.05) is 6.54 Å². The van der Waals surface area contributed by atoms with Crippen molar-refractivity contribution in [1.82, 2.24) is 10.6 Å². The van der Waals surface area contributed by atoms with E-state index in [-0.39, 0.29) is 35.4 Å². The molecule has 6 N–H and O–H groups in total. The summed E-state index contributed by atoms with van der Waals surface area (Å²) in [6, 6.07) is 10.6. The zero-order valence-corrected chi connectivity index (χ0v) is 13.9. The number of benzene rings is 2. The highest BCUT2D eigenvalue weighted by Gasteiger charge is 2.14. The Morgan fingerprint density at radius 1 is 1.08 bits per heavy atom. The SMILES string of the molecule is C[C@@H](NC(=S)NCC(O)c1cc(O)ccc1O)c1cccc(O)c1. The van der Waals surface area contributed by atoms with Crippen LogP contribution in [0, 0.1) is 0 Å². The van der Waals surface area contributed by atoms with Gasteiger partial charge in [0.05, 0.1) is 12.1 Å². The second kappa shape index (κ2) is 7.85. The van der Waals surface area contributed by atoms with Gasteiger partial charge in [0.15, 0.2) is 5.11 Å². The highest BCUT2D eigenvalue weighted by molar-refractivity contribution is 7.80. The molecule has 24 heavy (non-hydrogen) atoms. The molecule has 0 amide bonds. The lowest BCUT2D eigenvalue weighted by Crippen LogP contribution is -2.38. The molecule has 0 saturated heterocycles. The van der Waals surface area contributed by atoms with Gasteiger partial charge in [0.2, 0.25) is 0 Å². The van der Waals surface area contributed by atoms with Gasteiger partial charge in [0, 0.05) is 12.1 Å². The van der Waals surface area contributed by atoms with Crippen LogP contribution in [-0.2, 0) is 0 Å². The number of phenols is 3. The van der Waals surface area contributed by atoms with Crippen molar-refractivity contribution in [2.45, 2.75) is 19.1 Å². The summed E-state index contributed by atoms with van der Waals surface area (Å²) in [6.07, 6.45) is -1.03. The van der Waals surface area contributed by atoms with Gasteiger partial charge >= 0.3 is 0 Å². The Kier molecular flexibility index (Phi) is 5.83. The Hall–Kier alpha value is -2.51. The average Bonchev–Trinajstić information content (AvgIpc) is 2.54. The Balaban J connectivity index is 1.89. The minimum atomic E-state index is -1.03. The van der Waals surface area contributed by atoms with Gasteiger partial charge in [-0.15, -0.1) is 0 Å². The molecule has 0 radical (unpaired) electrons. The molecule has 0 aliphatic heterocycles. The van der Waals surface area contributed by atoms with E-state index in [0.29, 0.717) is 5.11 Å². The molecular weight excluding hydrogens is 328 g/mol. The third kappa shape index (κ3) is 4.74. The van der Waals surface area contributed by atoms with Crippen LogP contribution in [0.25, 0.3) is 0 Å². The summed E-state index contributed by atoms with van der Waals surface area (Å²) < 4.78 is 0. The first-order valence-electron chi connectivity index (χ1n) is 7.40. The molecule has 0 bridgehead atoms. The fourth-order valence-corrected chi connectivity index (χ4v) is 2.49. The third-order valence-electron chi connectivity index (χ3n) is 3.54. The van der Waals surface area contributed by atoms with Crippen LogP contribution in [0.5, 0.6) is 17.2 Å². The lowest BCUT2D eigenvalue weighted by molar-refractivity contribution is 0.176. The molecule has 7 heteroatoms. The largest absolute Gasteiger partial charge is 0.508 e. The lowest BCUT2D eigenvalue weighted by Gasteiger charge is -2.19. The van der Waals surface area contributed by atoms with Gasteiger partial charge in [-0.1, -0.05) is 12.1 Å². The molecule has 1 unspecified atom stereocenters. The minimum Gasteiger partial charge on any atom is -0.508 e. The van der Waals surface area contributed by atoms with Crippen LogP contribution in [0.2, 0.25) is 0 Å². The van der Waals surface area contributed by atoms with Gasteiger partial charge < -0.3 is 31.1 Å². The van der Waals surface area contributed by atoms with Crippen LogP contribution in [-0.4, -0.2) is 32.1 Å². The summed E-state index contributed by atoms with van der Waals surface area (Å²) >= 11 is 5.18. The summed E-state index contributed by atoms with van der Waals surface area (Å²) in [4.78, 5) is 0. The summed E-state index contributed by atoms with van der Waals surface area (Å²) in [6.45, 7) is 1.95. The molecule has 2 atom stereocenters. The zero-order chi connectivity index (χ0) is 17.7. The van der Waals surface area contributed by atoms with Crippen molar-refractivity contribution in [1.29, 1.82) is 0 Å². The lowest BCUT2D eigenvalue weighted by atomic mass is 10.1. The van der Waals surface area contributed by atoms with Crippen LogP contribution < -0.4 is 10.6 Å². The van der Waals surface area contributed by atoms with Crippen molar-refractivity contribution in [3.8, 4) is 17.2 Å². The van der Waals surface area contributed by atoms with Crippen LogP contribution in [0.1, 0.15) is 30.2 Å². The van der Waals surface area contributed by atoms with E-state index in [1.54, 1.807) is 18.2 Å². The van der Waals surface area contributed by atoms with E-state index >= 15 is 0 Å². The molecule has 0 saturated carbocycles. The molecule has 0 aliphatic rings. The van der Waals surface area contributed by atoms with E-state index in [1.807, 2.05) is 13.0 Å². The number of rotatable bonds is 5. The zero-order valence-electron chi connectivity index (χ0n) is 13.1. The highest BCUT2D eigenvalue weighted by atomic mass is 32.1. The quantitative estimate of drug-likeness (QED) is 0.363. The van der Waals surface area contributed by atoms with Gasteiger partial charge in [0.1, 0.15) is 17.2 Å². The molecule has 2 aromatic rings. The van der Waals surface area contributed by atoms with Crippen molar-refractivity contribution in [3.63, 3.8) is 0 Å². The number of aliphatic hydroxyl groups is 1. The number of thiocarbonyl (C=S) groups is 1. The van der Waals surface area contributed by atoms with Gasteiger partial charge in [0.25, 0.3) is 0 Å². The maximum absolute atomic E-state index is 10.1. The predicted molar refractivity (Wildman–Crippen MR) is 95.0 cm³/mol. The summed E-state index contributed by atoms with van der Waals surface area (Å²) in [5.74, 6) is 0.0315. The fraction of sp³-hybridized carbons (Fsp3) is 0.235. The van der Waals surface area contributed by atoms with E-state index in [4.69, 9.17) is 12.2 Å². The van der Waals surface area contributed by atoms with Gasteiger partial charge in [-0.05, 0) is 55.0 Å². The monoisotopic (exact) mass is 348 g/mol. The second-order valence-electron chi connectivity index (χ2n) is 5.43. The number of nitrogens with one attached hydrogen (secondary N) is 2. The normalized spacial score (nSPS) is 13.1. The smallest absolute Gasteiger partial charge is 0.166 e. The highest BCUT2D eigenvalue weighted by Crippen LogP contribution is 2.27. The van der Waals surface area contributed by atoms with Crippen molar-refractivity contribution < 1.29 is 20.4 Å². The molecule has 2 aromatic carbocycles. The Bertz CT molecular complexity index is 723. The molecule has 128 valence electrons. The van der Waals surface area contributed by atoms with Gasteiger partial charge in [-0.25, -0.2) is 0 Å². The molecule has 0 fully saturated rings. The van der Waals surface area contributed by atoms with Crippen molar-refractivity contribution >= 4 is 17.3 Å². The number of aliphatic hydroxyl groups excluding tert-OH is 1. The van der Waals surface area contributed by atoms with E-state index in [2.05, 4.69) is 10.6 Å². The Morgan fingerprint density at radius 2 is 1.79 bits per heavy atom. The fourth-order valence-electron chi connectivity index (χ4n) is 2.23. The molecule has 0 heterocycles. The van der Waals surface area contributed by atoms with E-state index in [9.17, 15) is 20.4 Å². The first-order chi connectivity index (χ1) is 11.4. The van der Waals surface area contributed by atoms with E-state index in [0.717, 1.165) is 5.56 Å². The number of hydrogen-bond acceptors (Lipinski definition) is 5. The topological polar surface area (TPSA) is 105 Å². The number of hydrogen-bond donors (Lipinski definition) is 6. The first kappa shape index (κ1) is 17.8. The van der Waals surface area contributed by atoms with Crippen LogP contribution >= 0.6 is 12.2 Å². The molecule has 0 aliphatic carbocycles. The Labute approximate surface area is 145 Å². The van der Waals surface area contributed by atoms with Crippen LogP contribution in [0.15, 0.2) is 42.5 Å². The summed E-state index contributed by atoms with van der Waals surface area (Å²) in [5, 5.41) is 45.0. The van der Waals surface area contributed by atoms with E-state index < -0.39 is 6.10 Å². The molecular formula is C17H20N2O4S. The second-order valence-corrected chi connectivity index (χ2v) is 5.84. The number of aromatic hydroxyl groups is 3. The Morgan fingerprint density at radius 3 is 2.50 bits per heavy atom. The minimum absolute atomic E-state index is 0.0416. The predicted octanol–water partition coefficient (Wildman–Crippen LogP) is 2.06. The van der Waals surface area contributed by atoms with Crippen molar-refractivity contribution in [3.05, 3.63) is 53.6 Å².